The Morgan fingerprint density at radius 1 is 1.41 bits per heavy atom. The van der Waals surface area contributed by atoms with Crippen LogP contribution in [-0.4, -0.2) is 57.1 Å². The topological polar surface area (TPSA) is 118 Å². The number of tetrazole rings is 1. The molecule has 0 radical (unpaired) electrons. The van der Waals surface area contributed by atoms with Crippen LogP contribution < -0.4 is 0 Å². The van der Waals surface area contributed by atoms with Crippen molar-refractivity contribution in [2.24, 2.45) is 7.05 Å². The molecule has 0 aliphatic heterocycles. The summed E-state index contributed by atoms with van der Waals surface area (Å²) in [6.07, 6.45) is 0. The van der Waals surface area contributed by atoms with E-state index in [1.165, 1.54) is 30.8 Å². The standard InChI is InChI=1S/C12H15N5O4S/c1-8(12(18)19)17(3)22(20,21)10-6-4-5-9(7-10)11-13-14-15-16(11)2/h4-8H,1-3H3,(H,18,19). The minimum absolute atomic E-state index is 0.0244. The maximum atomic E-state index is 12.5. The van der Waals surface area contributed by atoms with E-state index in [4.69, 9.17) is 5.11 Å². The molecule has 118 valence electrons. The van der Waals surface area contributed by atoms with Crippen molar-refractivity contribution in [2.45, 2.75) is 17.9 Å². The van der Waals surface area contributed by atoms with Crippen molar-refractivity contribution in [3.63, 3.8) is 0 Å². The molecule has 0 spiro atoms. The van der Waals surface area contributed by atoms with Gasteiger partial charge in [-0.05, 0) is 29.5 Å². The zero-order valence-electron chi connectivity index (χ0n) is 12.2. The molecule has 0 amide bonds. The SMILES string of the molecule is CC(C(=O)O)N(C)S(=O)(=O)c1cccc(-c2nnnn2C)c1. The number of hydrogen-bond acceptors (Lipinski definition) is 6. The summed E-state index contributed by atoms with van der Waals surface area (Å²) >= 11 is 0. The van der Waals surface area contributed by atoms with E-state index in [9.17, 15) is 13.2 Å². The van der Waals surface area contributed by atoms with Crippen molar-refractivity contribution in [1.82, 2.24) is 24.5 Å². The number of hydrogen-bond donors (Lipinski definition) is 1. The summed E-state index contributed by atoms with van der Waals surface area (Å²) in [6.45, 7) is 1.30. The van der Waals surface area contributed by atoms with E-state index in [1.54, 1.807) is 19.2 Å². The van der Waals surface area contributed by atoms with Gasteiger partial charge in [-0.1, -0.05) is 12.1 Å². The number of rotatable bonds is 5. The number of carboxylic acids is 1. The van der Waals surface area contributed by atoms with Crippen LogP contribution in [0.25, 0.3) is 11.4 Å². The maximum absolute atomic E-state index is 12.5. The molecule has 1 aromatic heterocycles. The predicted molar refractivity (Wildman–Crippen MR) is 76.3 cm³/mol. The second-order valence-electron chi connectivity index (χ2n) is 4.69. The Bertz CT molecular complexity index is 801. The molecule has 2 aromatic rings. The number of carboxylic acid groups (broad SMARTS) is 1. The average molecular weight is 325 g/mol. The van der Waals surface area contributed by atoms with Gasteiger partial charge in [0.15, 0.2) is 5.82 Å². The molecule has 10 heteroatoms. The minimum Gasteiger partial charge on any atom is -0.480 e. The lowest BCUT2D eigenvalue weighted by molar-refractivity contribution is -0.140. The summed E-state index contributed by atoms with van der Waals surface area (Å²) in [7, 11) is -1.07. The fourth-order valence-electron chi connectivity index (χ4n) is 1.80. The summed E-state index contributed by atoms with van der Waals surface area (Å²) in [5, 5.41) is 20.0. The van der Waals surface area contributed by atoms with Gasteiger partial charge in [0.05, 0.1) is 4.90 Å². The van der Waals surface area contributed by atoms with Gasteiger partial charge in [0.1, 0.15) is 6.04 Å². The van der Waals surface area contributed by atoms with E-state index in [-0.39, 0.29) is 4.90 Å². The quantitative estimate of drug-likeness (QED) is 0.820. The van der Waals surface area contributed by atoms with E-state index in [0.717, 1.165) is 4.31 Å². The largest absolute Gasteiger partial charge is 0.480 e. The van der Waals surface area contributed by atoms with Gasteiger partial charge >= 0.3 is 5.97 Å². The van der Waals surface area contributed by atoms with Crippen LogP contribution >= 0.6 is 0 Å². The van der Waals surface area contributed by atoms with Crippen LogP contribution in [0.15, 0.2) is 29.2 Å². The van der Waals surface area contributed by atoms with Gasteiger partial charge in [0.25, 0.3) is 0 Å². The molecule has 9 nitrogen and oxygen atoms in total. The first-order valence-electron chi connectivity index (χ1n) is 6.28. The van der Waals surface area contributed by atoms with E-state index in [2.05, 4.69) is 15.5 Å². The van der Waals surface area contributed by atoms with E-state index >= 15 is 0 Å². The molecule has 0 saturated heterocycles. The normalized spacial score (nSPS) is 13.3. The number of likely N-dealkylation sites (N-methyl/N-ethyl adjacent to an activating group) is 1. The Kier molecular flexibility index (Phi) is 4.24. The van der Waals surface area contributed by atoms with Gasteiger partial charge in [-0.25, -0.2) is 13.1 Å². The van der Waals surface area contributed by atoms with Gasteiger partial charge in [0, 0.05) is 19.7 Å². The van der Waals surface area contributed by atoms with Crippen LogP contribution in [0.1, 0.15) is 6.92 Å². The molecule has 1 aromatic carbocycles. The van der Waals surface area contributed by atoms with Crippen LogP contribution in [0.2, 0.25) is 0 Å². The number of nitrogens with zero attached hydrogens (tertiary/aromatic N) is 5. The summed E-state index contributed by atoms with van der Waals surface area (Å²) in [4.78, 5) is 11.0. The van der Waals surface area contributed by atoms with Crippen molar-refractivity contribution >= 4 is 16.0 Å². The molecule has 1 unspecified atom stereocenters. The molecular formula is C12H15N5O4S. The minimum atomic E-state index is -3.94. The fourth-order valence-corrected chi connectivity index (χ4v) is 3.17. The van der Waals surface area contributed by atoms with Crippen molar-refractivity contribution in [2.75, 3.05) is 7.05 Å². The summed E-state index contributed by atoms with van der Waals surface area (Å²) in [5.74, 6) is -0.814. The number of aryl methyl sites for hydroxylation is 1. The van der Waals surface area contributed by atoms with Gasteiger partial charge < -0.3 is 5.11 Å². The molecule has 0 fully saturated rings. The highest BCUT2D eigenvalue weighted by atomic mass is 32.2. The third-order valence-corrected chi connectivity index (χ3v) is 5.22. The third-order valence-electron chi connectivity index (χ3n) is 3.29. The summed E-state index contributed by atoms with van der Waals surface area (Å²) in [5.41, 5.74) is 0.518. The highest BCUT2D eigenvalue weighted by Gasteiger charge is 2.29. The van der Waals surface area contributed by atoms with Gasteiger partial charge in [-0.15, -0.1) is 5.10 Å². The smallest absolute Gasteiger partial charge is 0.321 e. The Morgan fingerprint density at radius 3 is 2.64 bits per heavy atom. The first kappa shape index (κ1) is 16.0. The lowest BCUT2D eigenvalue weighted by atomic mass is 10.2. The van der Waals surface area contributed by atoms with Gasteiger partial charge in [0.2, 0.25) is 10.0 Å². The van der Waals surface area contributed by atoms with Gasteiger partial charge in [-0.2, -0.15) is 4.31 Å². The van der Waals surface area contributed by atoms with Crippen LogP contribution in [0.5, 0.6) is 0 Å². The molecule has 0 bridgehead atoms. The number of carbonyl (C=O) groups is 1. The molecule has 1 heterocycles. The maximum Gasteiger partial charge on any atom is 0.321 e. The Morgan fingerprint density at radius 2 is 2.09 bits per heavy atom. The van der Waals surface area contributed by atoms with Gasteiger partial charge in [-0.3, -0.25) is 4.79 Å². The number of aliphatic carboxylic acids is 1. The molecule has 1 N–H and O–H groups in total. The zero-order valence-corrected chi connectivity index (χ0v) is 13.0. The molecule has 1 atom stereocenters. The first-order valence-corrected chi connectivity index (χ1v) is 7.73. The lowest BCUT2D eigenvalue weighted by Crippen LogP contribution is -2.40. The molecule has 0 aliphatic carbocycles. The first-order chi connectivity index (χ1) is 10.2. The predicted octanol–water partition coefficient (Wildman–Crippen LogP) is -0.0293. The molecule has 2 rings (SSSR count). The van der Waals surface area contributed by atoms with Crippen molar-refractivity contribution in [1.29, 1.82) is 0 Å². The van der Waals surface area contributed by atoms with Crippen LogP contribution in [0.4, 0.5) is 0 Å². The Hall–Kier alpha value is -2.33. The second kappa shape index (κ2) is 5.81. The Labute approximate surface area is 127 Å². The summed E-state index contributed by atoms with van der Waals surface area (Å²) < 4.78 is 27.2. The summed E-state index contributed by atoms with van der Waals surface area (Å²) in [6, 6.07) is 4.85. The zero-order chi connectivity index (χ0) is 16.5. The average Bonchev–Trinajstić information content (AvgIpc) is 2.91. The number of aromatic nitrogens is 4. The monoisotopic (exact) mass is 325 g/mol. The van der Waals surface area contributed by atoms with Crippen molar-refractivity contribution in [3.05, 3.63) is 24.3 Å². The third kappa shape index (κ3) is 2.83. The van der Waals surface area contributed by atoms with Crippen molar-refractivity contribution in [3.8, 4) is 11.4 Å². The van der Waals surface area contributed by atoms with Crippen LogP contribution in [-0.2, 0) is 21.9 Å². The van der Waals surface area contributed by atoms with E-state index in [1.807, 2.05) is 0 Å². The van der Waals surface area contributed by atoms with E-state index in [0.29, 0.717) is 11.4 Å². The lowest BCUT2D eigenvalue weighted by Gasteiger charge is -2.21. The highest BCUT2D eigenvalue weighted by molar-refractivity contribution is 7.89. The highest BCUT2D eigenvalue weighted by Crippen LogP contribution is 2.22. The molecule has 22 heavy (non-hydrogen) atoms. The van der Waals surface area contributed by atoms with Crippen LogP contribution in [0, 0.1) is 0 Å². The van der Waals surface area contributed by atoms with Crippen LogP contribution in [0.3, 0.4) is 0 Å². The molecule has 0 saturated carbocycles. The Balaban J connectivity index is 2.45. The number of benzene rings is 1. The fraction of sp³-hybridized carbons (Fsp3) is 0.333. The second-order valence-corrected chi connectivity index (χ2v) is 6.69. The van der Waals surface area contributed by atoms with E-state index < -0.39 is 22.0 Å². The molecule has 0 aliphatic rings. The number of sulfonamides is 1. The van der Waals surface area contributed by atoms with Crippen molar-refractivity contribution < 1.29 is 18.3 Å². The molecular weight excluding hydrogens is 310 g/mol.